The summed E-state index contributed by atoms with van der Waals surface area (Å²) in [5.74, 6) is -8.31. The molecule has 748 valence electrons. The third-order valence-electron chi connectivity index (χ3n) is 20.8. The van der Waals surface area contributed by atoms with E-state index in [1.807, 2.05) is 72.8 Å². The number of ether oxygens (including phenoxy) is 4. The highest BCUT2D eigenvalue weighted by atomic mass is 35.5. The number of Topliss-reactive ketones (excluding diaryl/α,β-unsaturated/α-hetero) is 4. The minimum atomic E-state index is -4.62. The summed E-state index contributed by atoms with van der Waals surface area (Å²) in [5, 5.41) is 9.92. The first-order valence-electron chi connectivity index (χ1n) is 43.7. The van der Waals surface area contributed by atoms with Gasteiger partial charge in [-0.1, -0.05) is 180 Å². The molecular weight excluding hydrogens is 2020 g/mol. The Labute approximate surface area is 842 Å². The summed E-state index contributed by atoms with van der Waals surface area (Å²) in [4.78, 5) is 123. The fraction of sp³-hybridized carbons (Fsp3) is 0.288. The molecule has 7 unspecified atom stereocenters. The minimum absolute atomic E-state index is 0.0514. The lowest BCUT2D eigenvalue weighted by atomic mass is 9.98. The van der Waals surface area contributed by atoms with E-state index in [2.05, 4.69) is 0 Å². The number of allylic oxidation sites excluding steroid dienone is 4. The fourth-order valence-corrected chi connectivity index (χ4v) is 23.7. The molecule has 0 saturated carbocycles. The molecule has 0 radical (unpaired) electrons. The molecule has 0 fully saturated rings. The van der Waals surface area contributed by atoms with Gasteiger partial charge in [-0.15, -0.1) is 34.0 Å². The van der Waals surface area contributed by atoms with Crippen molar-refractivity contribution in [2.75, 3.05) is 46.2 Å². The maximum atomic E-state index is 14.6. The number of thiophene rings is 3. The maximum absolute atomic E-state index is 14.6. The lowest BCUT2D eigenvalue weighted by Gasteiger charge is -2.27. The molecule has 0 aliphatic carbocycles. The zero-order chi connectivity index (χ0) is 104. The molecular formula is C104H108Cl3F4NO22P4S3. The van der Waals surface area contributed by atoms with Crippen molar-refractivity contribution in [1.82, 2.24) is 0 Å². The average molecular weight is 2130 g/mol. The summed E-state index contributed by atoms with van der Waals surface area (Å²) in [6, 6.07) is 51.5. The van der Waals surface area contributed by atoms with Gasteiger partial charge in [0.05, 0.1) is 21.7 Å². The van der Waals surface area contributed by atoms with Crippen molar-refractivity contribution in [3.63, 3.8) is 0 Å². The smallest absolute Gasteiger partial charge is 0.351 e. The van der Waals surface area contributed by atoms with E-state index in [1.54, 1.807) is 202 Å². The zero-order valence-electron chi connectivity index (χ0n) is 79.5. The quantitative estimate of drug-likeness (QED) is 0.00820. The van der Waals surface area contributed by atoms with Crippen molar-refractivity contribution in [3.8, 4) is 0 Å². The van der Waals surface area contributed by atoms with Crippen LogP contribution in [-0.2, 0) is 93.7 Å². The number of hydrogen-bond acceptors (Lipinski definition) is 24. The summed E-state index contributed by atoms with van der Waals surface area (Å²) >= 11 is 22.6. The predicted octanol–water partition coefficient (Wildman–Crippen LogP) is 28.9. The molecule has 4 N–H and O–H groups in total. The van der Waals surface area contributed by atoms with Crippen molar-refractivity contribution in [3.05, 3.63) is 311 Å². The molecule has 9 aromatic carbocycles. The Morgan fingerprint density at radius 3 is 1.11 bits per heavy atom. The lowest BCUT2D eigenvalue weighted by Crippen LogP contribution is -2.26. The van der Waals surface area contributed by atoms with Gasteiger partial charge in [-0.3, -0.25) is 74.7 Å². The Kier molecular flexibility index (Phi) is 40.8. The van der Waals surface area contributed by atoms with Crippen molar-refractivity contribution in [2.45, 2.75) is 131 Å². The van der Waals surface area contributed by atoms with E-state index in [0.29, 0.717) is 64.7 Å². The lowest BCUT2D eigenvalue weighted by molar-refractivity contribution is -0.163. The van der Waals surface area contributed by atoms with Gasteiger partial charge in [0.25, 0.3) is 0 Å². The molecule has 37 heteroatoms. The van der Waals surface area contributed by atoms with Crippen LogP contribution >= 0.6 is 98.7 Å². The molecule has 3 aromatic heterocycles. The summed E-state index contributed by atoms with van der Waals surface area (Å²) in [5.41, 5.74) is 1.91. The topological polar surface area (TPSA) is 345 Å². The number of nitrogen functional groups attached to an aromatic ring is 1. The highest BCUT2D eigenvalue weighted by Gasteiger charge is 2.46. The number of ketones is 4. The first-order valence-corrected chi connectivity index (χ1v) is 55.0. The van der Waals surface area contributed by atoms with Gasteiger partial charge in [0.15, 0.2) is 53.2 Å². The van der Waals surface area contributed by atoms with E-state index in [1.165, 1.54) is 83.8 Å². The summed E-state index contributed by atoms with van der Waals surface area (Å²) < 4.78 is 153. The fourth-order valence-electron chi connectivity index (χ4n) is 13.6. The van der Waals surface area contributed by atoms with Gasteiger partial charge in [0.2, 0.25) is 35.1 Å². The molecule has 7 atom stereocenters. The number of hydrogen-bond donors (Lipinski definition) is 3. The Hall–Kier alpha value is -10.3. The maximum Gasteiger partial charge on any atom is 0.351 e. The predicted molar refractivity (Wildman–Crippen MR) is 553 cm³/mol. The Morgan fingerprint density at radius 1 is 0.362 bits per heavy atom. The van der Waals surface area contributed by atoms with Crippen molar-refractivity contribution < 1.29 is 121 Å². The largest absolute Gasteiger partial charge is 0.438 e. The van der Waals surface area contributed by atoms with Crippen LogP contribution in [0.3, 0.4) is 0 Å². The molecule has 0 bridgehead atoms. The Balaban J connectivity index is 0.000000213. The highest BCUT2D eigenvalue weighted by molar-refractivity contribution is 7.59. The number of halogens is 7. The number of rotatable bonds is 36. The third-order valence-corrected chi connectivity index (χ3v) is 32.0. The number of carbonyl (C=O) groups excluding carboxylic acids is 8. The van der Waals surface area contributed by atoms with E-state index in [-0.39, 0.29) is 37.0 Å². The molecule has 12 aromatic rings. The van der Waals surface area contributed by atoms with E-state index < -0.39 is 166 Å². The van der Waals surface area contributed by atoms with Gasteiger partial charge in [-0.05, 0) is 262 Å². The molecule has 23 nitrogen and oxygen atoms in total. The van der Waals surface area contributed by atoms with Crippen LogP contribution in [0.2, 0.25) is 15.1 Å². The third kappa shape index (κ3) is 33.1. The van der Waals surface area contributed by atoms with Crippen LogP contribution < -0.4 is 5.73 Å². The first-order chi connectivity index (χ1) is 66.1. The van der Waals surface area contributed by atoms with E-state index >= 15 is 0 Å². The Bertz CT molecular complexity index is 6850. The molecule has 0 aliphatic rings. The van der Waals surface area contributed by atoms with Crippen LogP contribution in [-0.4, -0.2) is 97.3 Å². The normalized spacial score (nSPS) is 14.3. The van der Waals surface area contributed by atoms with Gasteiger partial charge < -0.3 is 34.5 Å². The van der Waals surface area contributed by atoms with Crippen molar-refractivity contribution >= 4 is 217 Å². The van der Waals surface area contributed by atoms with Crippen LogP contribution in [0.15, 0.2) is 229 Å². The highest BCUT2D eigenvalue weighted by Crippen LogP contribution is 2.65. The Morgan fingerprint density at radius 2 is 0.702 bits per heavy atom. The van der Waals surface area contributed by atoms with E-state index in [9.17, 15) is 84.0 Å². The molecule has 3 heterocycles. The molecule has 0 spiro atoms. The van der Waals surface area contributed by atoms with Crippen molar-refractivity contribution in [1.29, 1.82) is 0 Å². The molecule has 12 rings (SSSR count). The second-order valence-electron chi connectivity index (χ2n) is 36.6. The molecule has 0 amide bonds. The zero-order valence-corrected chi connectivity index (χ0v) is 87.8. The molecule has 0 aliphatic heterocycles. The van der Waals surface area contributed by atoms with Gasteiger partial charge in [0.1, 0.15) is 22.6 Å². The number of fused-ring (bicyclic) bond motifs is 4. The number of carbonyl (C=O) groups is 8. The number of nitrogens with two attached hydrogens (primary N) is 1. The van der Waals surface area contributed by atoms with Crippen LogP contribution in [0.1, 0.15) is 176 Å². The standard InChI is InChI=1S/C31H34ClF2O8PS.C27H29O6P.C26H26ClF2O5PS.C20H19ClNO3PS/c1-30(2,3)28(36)39-17-41-43(38,42-18-40-29(37)31(4,5)6)27(22-16-44-26-13-11-20(32)15-21(22)26)25(35)9-7-8-19-10-12-23(33)24(34)14-19;1-27(2,3)26(29)32-19-33-34(30,31)25(23-17-10-15-21-14-7-8-16-22(21)23)24(28)18-9-13-20-11-5-4-6-12-20;1-26(2,3)25(31)33-15-34-35(4,32)24(19-14-36-23-11-9-17(27)13-18(19)23)22(30)7-5-6-16-8-10-20(28)21(29)12-16;1-26(24,25)20(17-12-27-19-9-8-14(21)11-16(17)19)18(23)7-3-5-13-4-2-6-15(22)10-13/h7-8,10-16,27H,9,17-18H2,1-6H3;4-17,25H,18-19H2,1-3H3,(H,30,31);5-6,8-14,24H,7,15H2,1-4H3;2-6,8-12,20H,7,22H2,1H3,(H,24,25)/b8-7+;13-9+;6-5+;5-3+. The number of benzene rings is 9. The first kappa shape index (κ1) is 114. The minimum Gasteiger partial charge on any atom is -0.438 e. The average Bonchev–Trinajstić information content (AvgIpc) is 1.31. The van der Waals surface area contributed by atoms with Gasteiger partial charge in [0, 0.05) is 73.9 Å². The second kappa shape index (κ2) is 50.3. The summed E-state index contributed by atoms with van der Waals surface area (Å²) in [6.07, 6.45) is 12.2. The number of esters is 4. The van der Waals surface area contributed by atoms with Crippen molar-refractivity contribution in [2.24, 2.45) is 21.7 Å². The SMILES string of the molecule is CC(C)(C)C(=O)OCOP(=O)(O)C(C(=O)C/C=C/c1ccccc1)c1cccc2ccccc12.CC(C)(C)C(=O)OCOP(=O)(OCOC(=O)C(C)(C)C)C(C(=O)C/C=C/c1ccc(F)c(F)c1)c1csc2ccc(Cl)cc12.CC(C)(C)C(=O)OCOP(C)(=O)C(C(=O)C/C=C/c1ccc(F)c(F)c1)c1csc2ccc(Cl)cc12.CP(=O)(O)C(C(=O)C/C=C/c1cccc(N)c1)c1csc2ccc(Cl)cc12. The van der Waals surface area contributed by atoms with Crippen LogP contribution in [0.5, 0.6) is 0 Å². The second-order valence-corrected chi connectivity index (χ2v) is 49.6. The molecule has 0 saturated heterocycles. The van der Waals surface area contributed by atoms with Gasteiger partial charge >= 0.3 is 39.1 Å². The van der Waals surface area contributed by atoms with E-state index in [0.717, 1.165) is 60.3 Å². The summed E-state index contributed by atoms with van der Waals surface area (Å²) in [6.45, 7) is 19.3. The van der Waals surface area contributed by atoms with E-state index in [4.69, 9.17) is 77.6 Å². The van der Waals surface area contributed by atoms with Crippen LogP contribution in [0.25, 0.3) is 65.3 Å². The number of anilines is 1. The van der Waals surface area contributed by atoms with Crippen LogP contribution in [0.4, 0.5) is 23.2 Å². The summed E-state index contributed by atoms with van der Waals surface area (Å²) in [7, 11) is -16.6. The molecule has 141 heavy (non-hydrogen) atoms. The van der Waals surface area contributed by atoms with Crippen LogP contribution in [0, 0.1) is 44.9 Å². The monoisotopic (exact) mass is 2120 g/mol. The van der Waals surface area contributed by atoms with Gasteiger partial charge in [-0.25, -0.2) is 17.6 Å². The van der Waals surface area contributed by atoms with Gasteiger partial charge in [-0.2, -0.15) is 0 Å².